The van der Waals surface area contributed by atoms with E-state index in [1.165, 1.54) is 12.8 Å². The number of nitrogens with zero attached hydrogens (tertiary/aromatic N) is 3. The number of carbonyl (C=O) groups is 1. The Morgan fingerprint density at radius 1 is 1.19 bits per heavy atom. The van der Waals surface area contributed by atoms with Gasteiger partial charge < -0.3 is 14.5 Å². The predicted molar refractivity (Wildman–Crippen MR) is 98.3 cm³/mol. The molecule has 3 aliphatic rings. The van der Waals surface area contributed by atoms with Gasteiger partial charge in [0.25, 0.3) is 0 Å². The molecule has 1 aromatic heterocycles. The smallest absolute Gasteiger partial charge is 0.241 e. The number of ether oxygens (including phenoxy) is 1. The molecule has 0 saturated carbocycles. The second-order valence-electron chi connectivity index (χ2n) is 7.52. The maximum Gasteiger partial charge on any atom is 0.241 e. The van der Waals surface area contributed by atoms with Gasteiger partial charge in [0.2, 0.25) is 5.91 Å². The molecule has 4 rings (SSSR count). The second-order valence-corrected chi connectivity index (χ2v) is 7.52. The van der Waals surface area contributed by atoms with E-state index >= 15 is 0 Å². The van der Waals surface area contributed by atoms with E-state index in [1.807, 2.05) is 23.1 Å². The number of hydrogen-bond donors (Lipinski definition) is 2. The fourth-order valence-corrected chi connectivity index (χ4v) is 4.17. The maximum atomic E-state index is 13.0. The molecule has 3 fully saturated rings. The van der Waals surface area contributed by atoms with E-state index in [2.05, 4.69) is 20.7 Å². The second kappa shape index (κ2) is 8.43. The third-order valence-electron chi connectivity index (χ3n) is 5.57. The van der Waals surface area contributed by atoms with Gasteiger partial charge in [0.05, 0.1) is 17.8 Å². The molecule has 0 radical (unpaired) electrons. The van der Waals surface area contributed by atoms with Gasteiger partial charge in [0.15, 0.2) is 0 Å². The summed E-state index contributed by atoms with van der Waals surface area (Å²) in [5, 5.41) is 0. The first-order valence-corrected chi connectivity index (χ1v) is 9.84. The van der Waals surface area contributed by atoms with Gasteiger partial charge in [0, 0.05) is 32.4 Å². The lowest BCUT2D eigenvalue weighted by molar-refractivity contribution is -0.134. The van der Waals surface area contributed by atoms with Crippen molar-refractivity contribution in [2.75, 3.05) is 39.3 Å². The number of pyridine rings is 1. The molecular weight excluding hydrogens is 330 g/mol. The number of carbonyl (C=O) groups excluding carboxylic acids is 1. The van der Waals surface area contributed by atoms with E-state index in [0.717, 1.165) is 51.3 Å². The predicted octanol–water partition coefficient (Wildman–Crippen LogP) is 0.703. The molecule has 7 nitrogen and oxygen atoms in total. The molecule has 0 spiro atoms. The van der Waals surface area contributed by atoms with Crippen molar-refractivity contribution in [3.8, 4) is 0 Å². The van der Waals surface area contributed by atoms with Gasteiger partial charge in [-0.25, -0.2) is 10.9 Å². The van der Waals surface area contributed by atoms with Crippen molar-refractivity contribution in [3.63, 3.8) is 0 Å². The van der Waals surface area contributed by atoms with Crippen LogP contribution in [0.25, 0.3) is 0 Å². The molecule has 0 bridgehead atoms. The number of likely N-dealkylation sites (tertiary alicyclic amines) is 1. The first kappa shape index (κ1) is 17.9. The molecule has 26 heavy (non-hydrogen) atoms. The number of aromatic nitrogens is 1. The zero-order chi connectivity index (χ0) is 17.8. The van der Waals surface area contributed by atoms with Gasteiger partial charge in [-0.15, -0.1) is 0 Å². The molecule has 3 saturated heterocycles. The van der Waals surface area contributed by atoms with Crippen LogP contribution < -0.4 is 10.9 Å². The van der Waals surface area contributed by atoms with E-state index < -0.39 is 0 Å². The molecule has 0 aromatic carbocycles. The summed E-state index contributed by atoms with van der Waals surface area (Å²) in [6, 6.07) is 5.76. The molecule has 2 N–H and O–H groups in total. The lowest BCUT2D eigenvalue weighted by Gasteiger charge is -2.28. The molecule has 4 heterocycles. The van der Waals surface area contributed by atoms with Gasteiger partial charge in [-0.1, -0.05) is 6.07 Å². The van der Waals surface area contributed by atoms with Gasteiger partial charge >= 0.3 is 0 Å². The number of hydrazine groups is 1. The Kier molecular flexibility index (Phi) is 5.79. The van der Waals surface area contributed by atoms with Crippen LogP contribution in [-0.4, -0.2) is 72.2 Å². The van der Waals surface area contributed by atoms with E-state index in [9.17, 15) is 4.79 Å². The van der Waals surface area contributed by atoms with Crippen molar-refractivity contribution < 1.29 is 9.53 Å². The van der Waals surface area contributed by atoms with Crippen molar-refractivity contribution in [2.24, 2.45) is 0 Å². The van der Waals surface area contributed by atoms with Crippen LogP contribution in [-0.2, 0) is 9.53 Å². The summed E-state index contributed by atoms with van der Waals surface area (Å²) in [5.41, 5.74) is 7.38. The summed E-state index contributed by atoms with van der Waals surface area (Å²) in [6.07, 6.45) is 6.11. The Bertz CT molecular complexity index is 593. The number of rotatable bonds is 4. The first-order chi connectivity index (χ1) is 12.8. The van der Waals surface area contributed by atoms with Crippen LogP contribution in [0, 0.1) is 0 Å². The first-order valence-electron chi connectivity index (χ1n) is 9.84. The monoisotopic (exact) mass is 359 g/mol. The van der Waals surface area contributed by atoms with Gasteiger partial charge in [-0.05, 0) is 50.9 Å². The van der Waals surface area contributed by atoms with Crippen LogP contribution in [0.15, 0.2) is 24.4 Å². The average molecular weight is 359 g/mol. The highest BCUT2D eigenvalue weighted by atomic mass is 16.5. The number of nitrogens with one attached hydrogen (secondary N) is 2. The molecule has 142 valence electrons. The average Bonchev–Trinajstić information content (AvgIpc) is 3.31. The fourth-order valence-electron chi connectivity index (χ4n) is 4.17. The lowest BCUT2D eigenvalue weighted by atomic mass is 10.1. The van der Waals surface area contributed by atoms with Crippen LogP contribution in [0.3, 0.4) is 0 Å². The molecule has 0 aliphatic carbocycles. The Morgan fingerprint density at radius 3 is 2.88 bits per heavy atom. The summed E-state index contributed by atoms with van der Waals surface area (Å²) in [4.78, 5) is 21.9. The highest BCUT2D eigenvalue weighted by Gasteiger charge is 2.35. The van der Waals surface area contributed by atoms with Crippen molar-refractivity contribution in [1.29, 1.82) is 0 Å². The van der Waals surface area contributed by atoms with E-state index in [1.54, 1.807) is 6.20 Å². The Hall–Kier alpha value is -1.54. The van der Waals surface area contributed by atoms with E-state index in [0.29, 0.717) is 6.54 Å². The zero-order valence-electron chi connectivity index (χ0n) is 15.3. The highest BCUT2D eigenvalue weighted by Crippen LogP contribution is 2.22. The van der Waals surface area contributed by atoms with Crippen LogP contribution >= 0.6 is 0 Å². The van der Waals surface area contributed by atoms with Gasteiger partial charge in [-0.3, -0.25) is 9.78 Å². The fraction of sp³-hybridized carbons (Fsp3) is 0.684. The van der Waals surface area contributed by atoms with Crippen molar-refractivity contribution in [2.45, 2.75) is 43.9 Å². The van der Waals surface area contributed by atoms with Gasteiger partial charge in [0.1, 0.15) is 6.04 Å². The Balaban J connectivity index is 1.34. The summed E-state index contributed by atoms with van der Waals surface area (Å²) in [7, 11) is 0. The summed E-state index contributed by atoms with van der Waals surface area (Å²) < 4.78 is 6.02. The third-order valence-corrected chi connectivity index (χ3v) is 5.57. The summed E-state index contributed by atoms with van der Waals surface area (Å²) >= 11 is 0. The number of hydrogen-bond acceptors (Lipinski definition) is 6. The molecule has 3 unspecified atom stereocenters. The SMILES string of the molecule is O=C(C1CC(c2ccccn2)NN1)N1CCCOC(CN2CCCC2)C1. The van der Waals surface area contributed by atoms with Crippen LogP contribution in [0.1, 0.15) is 37.4 Å². The molecule has 1 aromatic rings. The third kappa shape index (κ3) is 4.23. The van der Waals surface area contributed by atoms with Crippen molar-refractivity contribution in [3.05, 3.63) is 30.1 Å². The van der Waals surface area contributed by atoms with Crippen LogP contribution in [0.2, 0.25) is 0 Å². The Labute approximate surface area is 155 Å². The summed E-state index contributed by atoms with van der Waals surface area (Å²) in [5.74, 6) is 0.174. The molecule has 3 atom stereocenters. The summed E-state index contributed by atoms with van der Waals surface area (Å²) in [6.45, 7) is 5.48. The van der Waals surface area contributed by atoms with Crippen molar-refractivity contribution >= 4 is 5.91 Å². The van der Waals surface area contributed by atoms with E-state index in [-0.39, 0.29) is 24.1 Å². The number of amides is 1. The van der Waals surface area contributed by atoms with Crippen LogP contribution in [0.4, 0.5) is 0 Å². The molecule has 7 heteroatoms. The molecular formula is C19H29N5O2. The van der Waals surface area contributed by atoms with Crippen LogP contribution in [0.5, 0.6) is 0 Å². The largest absolute Gasteiger partial charge is 0.375 e. The van der Waals surface area contributed by atoms with Crippen molar-refractivity contribution in [1.82, 2.24) is 25.6 Å². The quantitative estimate of drug-likeness (QED) is 0.825. The Morgan fingerprint density at radius 2 is 2.08 bits per heavy atom. The minimum atomic E-state index is -0.201. The molecule has 3 aliphatic heterocycles. The molecule has 1 amide bonds. The lowest BCUT2D eigenvalue weighted by Crippen LogP contribution is -2.49. The van der Waals surface area contributed by atoms with Gasteiger partial charge in [-0.2, -0.15) is 0 Å². The normalized spacial score (nSPS) is 30.5. The zero-order valence-corrected chi connectivity index (χ0v) is 15.3. The highest BCUT2D eigenvalue weighted by molar-refractivity contribution is 5.82. The maximum absolute atomic E-state index is 13.0. The van der Waals surface area contributed by atoms with E-state index in [4.69, 9.17) is 4.74 Å². The topological polar surface area (TPSA) is 69.7 Å². The standard InChI is InChI=1S/C19H29N5O2/c25-19(18-12-17(21-22-18)16-6-1-2-7-20-16)24-10-5-11-26-15(14-24)13-23-8-3-4-9-23/h1-2,6-7,15,17-18,21-22H,3-5,8-14H2. The minimum absolute atomic E-state index is 0.0776. The minimum Gasteiger partial charge on any atom is -0.375 e.